The molecule has 0 bridgehead atoms. The van der Waals surface area contributed by atoms with Gasteiger partial charge in [0, 0.05) is 12.0 Å². The van der Waals surface area contributed by atoms with Crippen molar-refractivity contribution in [3.05, 3.63) is 69.7 Å². The van der Waals surface area contributed by atoms with Crippen LogP contribution in [0.1, 0.15) is 24.5 Å². The summed E-state index contributed by atoms with van der Waals surface area (Å²) in [7, 11) is 0. The molecule has 2 N–H and O–H groups in total. The second kappa shape index (κ2) is 8.02. The Bertz CT molecular complexity index is 602. The Labute approximate surface area is 134 Å². The topological polar surface area (TPSA) is 64.2 Å². The lowest BCUT2D eigenvalue weighted by Gasteiger charge is -2.19. The Kier molecular flexibility index (Phi) is 6.67. The summed E-state index contributed by atoms with van der Waals surface area (Å²) < 4.78 is 0. The van der Waals surface area contributed by atoms with Gasteiger partial charge in [-0.25, -0.2) is 0 Å². The number of aliphatic hydroxyl groups is 2. The fourth-order valence-corrected chi connectivity index (χ4v) is 2.00. The molecule has 2 aromatic carbocycles. The molecule has 0 unspecified atom stereocenters. The maximum atomic E-state index is 9.35. The first-order chi connectivity index (χ1) is 9.92. The van der Waals surface area contributed by atoms with E-state index in [1.165, 1.54) is 0 Å². The molecule has 0 heterocycles. The van der Waals surface area contributed by atoms with E-state index < -0.39 is 5.79 Å². The van der Waals surface area contributed by atoms with Gasteiger partial charge in [-0.15, -0.1) is 0 Å². The van der Waals surface area contributed by atoms with Crippen LogP contribution in [-0.2, 0) is 5.79 Å². The van der Waals surface area contributed by atoms with Crippen LogP contribution >= 0.6 is 23.2 Å². The molecule has 0 amide bonds. The van der Waals surface area contributed by atoms with Crippen molar-refractivity contribution >= 4 is 23.2 Å². The van der Waals surface area contributed by atoms with Crippen molar-refractivity contribution in [1.82, 2.24) is 0 Å². The van der Waals surface area contributed by atoms with E-state index in [1.807, 2.05) is 12.1 Å². The van der Waals surface area contributed by atoms with E-state index in [0.717, 1.165) is 0 Å². The summed E-state index contributed by atoms with van der Waals surface area (Å²) >= 11 is 11.2. The highest BCUT2D eigenvalue weighted by Gasteiger charge is 2.21. The van der Waals surface area contributed by atoms with Crippen LogP contribution in [0.15, 0.2) is 48.5 Å². The van der Waals surface area contributed by atoms with Crippen LogP contribution in [0.5, 0.6) is 0 Å². The number of nitriles is 1. The van der Waals surface area contributed by atoms with Crippen LogP contribution < -0.4 is 0 Å². The van der Waals surface area contributed by atoms with Crippen molar-refractivity contribution < 1.29 is 10.2 Å². The van der Waals surface area contributed by atoms with Crippen LogP contribution in [0.25, 0.3) is 0 Å². The highest BCUT2D eigenvalue weighted by Crippen LogP contribution is 2.22. The third-order valence-corrected chi connectivity index (χ3v) is 3.43. The van der Waals surface area contributed by atoms with E-state index in [-0.39, 0.29) is 0 Å². The Morgan fingerprint density at radius 2 is 1.52 bits per heavy atom. The third kappa shape index (κ3) is 5.04. The van der Waals surface area contributed by atoms with E-state index in [9.17, 15) is 10.2 Å². The predicted molar refractivity (Wildman–Crippen MR) is 84.0 cm³/mol. The molecule has 0 saturated carbocycles. The van der Waals surface area contributed by atoms with Gasteiger partial charge in [-0.3, -0.25) is 0 Å². The maximum Gasteiger partial charge on any atom is 0.189 e. The molecular formula is C16H15Cl2NO2. The van der Waals surface area contributed by atoms with E-state index in [4.69, 9.17) is 28.5 Å². The van der Waals surface area contributed by atoms with Crippen LogP contribution in [0.4, 0.5) is 0 Å². The Balaban J connectivity index is 0.000000211. The van der Waals surface area contributed by atoms with E-state index in [2.05, 4.69) is 0 Å². The summed E-state index contributed by atoms with van der Waals surface area (Å²) in [5.74, 6) is -1.67. The highest BCUT2D eigenvalue weighted by atomic mass is 35.5. The van der Waals surface area contributed by atoms with Crippen molar-refractivity contribution in [1.29, 1.82) is 5.26 Å². The molecule has 0 aliphatic rings. The zero-order valence-corrected chi connectivity index (χ0v) is 12.9. The standard InChI is InChI=1S/C9H12O2.C7H3Cl2N/c1-2-9(10,11)8-6-4-3-5-7-8;8-6-2-1-3-7(9)5(6)4-10/h3-7,10-11H,2H2,1H3;1-3H. The van der Waals surface area contributed by atoms with Gasteiger partial charge < -0.3 is 10.2 Å². The van der Waals surface area contributed by atoms with Crippen LogP contribution in [0.2, 0.25) is 10.0 Å². The van der Waals surface area contributed by atoms with Gasteiger partial charge in [0.05, 0.1) is 15.6 Å². The van der Waals surface area contributed by atoms with Gasteiger partial charge in [0.2, 0.25) is 0 Å². The molecule has 0 aliphatic heterocycles. The molecule has 0 radical (unpaired) electrons. The van der Waals surface area contributed by atoms with Gasteiger partial charge >= 0.3 is 0 Å². The zero-order valence-electron chi connectivity index (χ0n) is 11.4. The van der Waals surface area contributed by atoms with Crippen LogP contribution in [0, 0.1) is 11.3 Å². The second-order valence-electron chi connectivity index (χ2n) is 4.24. The summed E-state index contributed by atoms with van der Waals surface area (Å²) in [4.78, 5) is 0. The lowest BCUT2D eigenvalue weighted by atomic mass is 10.0. The number of hydrogen-bond donors (Lipinski definition) is 2. The van der Waals surface area contributed by atoms with Crippen molar-refractivity contribution in [3.63, 3.8) is 0 Å². The second-order valence-corrected chi connectivity index (χ2v) is 5.06. The van der Waals surface area contributed by atoms with Gasteiger partial charge in [-0.05, 0) is 12.1 Å². The van der Waals surface area contributed by atoms with Gasteiger partial charge in [0.15, 0.2) is 5.79 Å². The normalized spacial score (nSPS) is 10.3. The SMILES string of the molecule is CCC(O)(O)c1ccccc1.N#Cc1c(Cl)cccc1Cl. The van der Waals surface area contributed by atoms with E-state index >= 15 is 0 Å². The average Bonchev–Trinajstić information content (AvgIpc) is 2.49. The molecule has 0 aromatic heterocycles. The fraction of sp³-hybridized carbons (Fsp3) is 0.188. The molecule has 0 fully saturated rings. The van der Waals surface area contributed by atoms with Crippen molar-refractivity contribution in [2.45, 2.75) is 19.1 Å². The molecular weight excluding hydrogens is 309 g/mol. The number of halogens is 2. The van der Waals surface area contributed by atoms with Gasteiger partial charge in [-0.1, -0.05) is 66.5 Å². The number of hydrogen-bond acceptors (Lipinski definition) is 3. The van der Waals surface area contributed by atoms with Crippen LogP contribution in [-0.4, -0.2) is 10.2 Å². The quantitative estimate of drug-likeness (QED) is 0.818. The molecule has 0 spiro atoms. The van der Waals surface area contributed by atoms with Crippen LogP contribution in [0.3, 0.4) is 0 Å². The third-order valence-electron chi connectivity index (χ3n) is 2.80. The summed E-state index contributed by atoms with van der Waals surface area (Å²) in [6.45, 7) is 1.73. The smallest absolute Gasteiger partial charge is 0.189 e. The molecule has 3 nitrogen and oxygen atoms in total. The summed E-state index contributed by atoms with van der Waals surface area (Å²) in [5.41, 5.74) is 0.883. The summed E-state index contributed by atoms with van der Waals surface area (Å²) in [6, 6.07) is 15.7. The first-order valence-corrected chi connectivity index (χ1v) is 7.02. The minimum absolute atomic E-state index is 0.303. The largest absolute Gasteiger partial charge is 0.362 e. The van der Waals surface area contributed by atoms with Gasteiger partial charge in [0.25, 0.3) is 0 Å². The minimum Gasteiger partial charge on any atom is -0.362 e. The Morgan fingerprint density at radius 3 is 1.90 bits per heavy atom. The number of rotatable bonds is 2. The molecule has 2 rings (SSSR count). The number of benzene rings is 2. The first-order valence-electron chi connectivity index (χ1n) is 6.26. The van der Waals surface area contributed by atoms with Crippen molar-refractivity contribution in [3.8, 4) is 6.07 Å². The van der Waals surface area contributed by atoms with Crippen molar-refractivity contribution in [2.75, 3.05) is 0 Å². The summed E-state index contributed by atoms with van der Waals surface area (Å²) in [5, 5.41) is 28.0. The molecule has 0 saturated heterocycles. The highest BCUT2D eigenvalue weighted by molar-refractivity contribution is 6.36. The van der Waals surface area contributed by atoms with E-state index in [0.29, 0.717) is 27.6 Å². The predicted octanol–water partition coefficient (Wildman–Crippen LogP) is 4.10. The monoisotopic (exact) mass is 323 g/mol. The first kappa shape index (κ1) is 17.5. The number of nitrogens with zero attached hydrogens (tertiary/aromatic N) is 1. The average molecular weight is 324 g/mol. The Hall–Kier alpha value is -1.57. The molecule has 2 aromatic rings. The molecule has 110 valence electrons. The molecule has 21 heavy (non-hydrogen) atoms. The van der Waals surface area contributed by atoms with Crippen molar-refractivity contribution in [2.24, 2.45) is 0 Å². The maximum absolute atomic E-state index is 9.35. The minimum atomic E-state index is -1.67. The lowest BCUT2D eigenvalue weighted by Crippen LogP contribution is -2.23. The Morgan fingerprint density at radius 1 is 1.00 bits per heavy atom. The molecule has 0 aliphatic carbocycles. The molecule has 5 heteroatoms. The summed E-state index contributed by atoms with van der Waals surface area (Å²) in [6.07, 6.45) is 0.303. The van der Waals surface area contributed by atoms with E-state index in [1.54, 1.807) is 49.4 Å². The van der Waals surface area contributed by atoms with Gasteiger partial charge in [-0.2, -0.15) is 5.26 Å². The fourth-order valence-electron chi connectivity index (χ4n) is 1.51. The zero-order chi connectivity index (χ0) is 15.9. The van der Waals surface area contributed by atoms with Gasteiger partial charge in [0.1, 0.15) is 6.07 Å². The molecule has 0 atom stereocenters. The lowest BCUT2D eigenvalue weighted by molar-refractivity contribution is -0.171.